The first-order valence-corrected chi connectivity index (χ1v) is 5.42. The fourth-order valence-corrected chi connectivity index (χ4v) is 1.71. The summed E-state index contributed by atoms with van der Waals surface area (Å²) in [5.41, 5.74) is 1.36. The van der Waals surface area contributed by atoms with Crippen LogP contribution >= 0.6 is 11.6 Å². The van der Waals surface area contributed by atoms with Gasteiger partial charge in [0.15, 0.2) is 0 Å². The molecule has 0 saturated heterocycles. The first-order valence-electron chi connectivity index (χ1n) is 5.04. The number of hydrogen-bond donors (Lipinski definition) is 0. The molecular formula is C12H18ClN. The Morgan fingerprint density at radius 2 is 1.79 bits per heavy atom. The summed E-state index contributed by atoms with van der Waals surface area (Å²) in [6, 6.07) is 8.75. The Labute approximate surface area is 91.7 Å². The molecule has 0 N–H and O–H groups in total. The Balaban J connectivity index is 2.63. The van der Waals surface area contributed by atoms with Gasteiger partial charge < -0.3 is 4.90 Å². The summed E-state index contributed by atoms with van der Waals surface area (Å²) in [6.07, 6.45) is 2.27. The summed E-state index contributed by atoms with van der Waals surface area (Å²) < 4.78 is 0. The molecule has 1 rings (SSSR count). The topological polar surface area (TPSA) is 3.24 Å². The van der Waals surface area contributed by atoms with Gasteiger partial charge in [-0.05, 0) is 44.6 Å². The van der Waals surface area contributed by atoms with Gasteiger partial charge in [0, 0.05) is 11.1 Å². The van der Waals surface area contributed by atoms with Crippen LogP contribution in [0.2, 0.25) is 5.02 Å². The molecule has 0 spiro atoms. The maximum absolute atomic E-state index is 5.83. The van der Waals surface area contributed by atoms with Gasteiger partial charge in [0.1, 0.15) is 0 Å². The van der Waals surface area contributed by atoms with E-state index in [4.69, 9.17) is 11.6 Å². The second-order valence-corrected chi connectivity index (χ2v) is 4.29. The minimum absolute atomic E-state index is 0.621. The molecule has 0 amide bonds. The molecule has 0 aromatic heterocycles. The monoisotopic (exact) mass is 211 g/mol. The van der Waals surface area contributed by atoms with E-state index in [0.29, 0.717) is 6.04 Å². The van der Waals surface area contributed by atoms with Crippen LogP contribution in [0.1, 0.15) is 18.9 Å². The maximum atomic E-state index is 5.83. The Hall–Kier alpha value is -0.530. The summed E-state index contributed by atoms with van der Waals surface area (Å²) in [5.74, 6) is 0. The molecule has 14 heavy (non-hydrogen) atoms. The zero-order valence-electron chi connectivity index (χ0n) is 9.13. The number of nitrogens with zero attached hydrogens (tertiary/aromatic N) is 1. The van der Waals surface area contributed by atoms with Crippen molar-refractivity contribution in [1.82, 2.24) is 4.90 Å². The van der Waals surface area contributed by atoms with Crippen molar-refractivity contribution in [3.8, 4) is 0 Å². The molecule has 0 unspecified atom stereocenters. The molecule has 1 atom stereocenters. The summed E-state index contributed by atoms with van der Waals surface area (Å²) in [6.45, 7) is 2.22. The third-order valence-electron chi connectivity index (χ3n) is 2.59. The van der Waals surface area contributed by atoms with Crippen LogP contribution in [-0.2, 0) is 6.42 Å². The molecule has 78 valence electrons. The Kier molecular flexibility index (Phi) is 4.43. The average molecular weight is 212 g/mol. The molecule has 0 aliphatic carbocycles. The van der Waals surface area contributed by atoms with E-state index in [1.807, 2.05) is 12.1 Å². The Morgan fingerprint density at radius 3 is 2.21 bits per heavy atom. The van der Waals surface area contributed by atoms with Crippen LogP contribution in [0.25, 0.3) is 0 Å². The lowest BCUT2D eigenvalue weighted by Gasteiger charge is -2.22. The molecule has 0 bridgehead atoms. The van der Waals surface area contributed by atoms with Crippen molar-refractivity contribution in [1.29, 1.82) is 0 Å². The second kappa shape index (κ2) is 5.38. The Morgan fingerprint density at radius 1 is 1.21 bits per heavy atom. The molecule has 0 fully saturated rings. The molecule has 1 aromatic rings. The number of hydrogen-bond acceptors (Lipinski definition) is 1. The zero-order valence-corrected chi connectivity index (χ0v) is 9.88. The molecular weight excluding hydrogens is 194 g/mol. The van der Waals surface area contributed by atoms with Gasteiger partial charge in [-0.2, -0.15) is 0 Å². The van der Waals surface area contributed by atoms with Gasteiger partial charge >= 0.3 is 0 Å². The van der Waals surface area contributed by atoms with Gasteiger partial charge in [-0.15, -0.1) is 0 Å². The van der Waals surface area contributed by atoms with Gasteiger partial charge in [-0.25, -0.2) is 0 Å². The standard InChI is InChI=1S/C12H18ClN/c1-4-12(14(2)3)9-10-5-7-11(13)8-6-10/h5-8,12H,4,9H2,1-3H3/t12-/m0/s1. The van der Waals surface area contributed by atoms with Crippen LogP contribution in [0.4, 0.5) is 0 Å². The third kappa shape index (κ3) is 3.32. The highest BCUT2D eigenvalue weighted by Gasteiger charge is 2.08. The van der Waals surface area contributed by atoms with Crippen molar-refractivity contribution in [2.45, 2.75) is 25.8 Å². The van der Waals surface area contributed by atoms with Crippen LogP contribution in [0, 0.1) is 0 Å². The first kappa shape index (κ1) is 11.5. The Bertz CT molecular complexity index is 266. The van der Waals surface area contributed by atoms with Gasteiger partial charge in [-0.1, -0.05) is 30.7 Å². The molecule has 1 nitrogen and oxygen atoms in total. The van der Waals surface area contributed by atoms with Crippen LogP contribution in [-0.4, -0.2) is 25.0 Å². The van der Waals surface area contributed by atoms with Crippen molar-refractivity contribution in [2.24, 2.45) is 0 Å². The van der Waals surface area contributed by atoms with Gasteiger partial charge in [0.05, 0.1) is 0 Å². The van der Waals surface area contributed by atoms with Crippen molar-refractivity contribution in [2.75, 3.05) is 14.1 Å². The predicted molar refractivity (Wildman–Crippen MR) is 62.9 cm³/mol. The van der Waals surface area contributed by atoms with E-state index >= 15 is 0 Å². The molecule has 1 aromatic carbocycles. The minimum atomic E-state index is 0.621. The van der Waals surface area contributed by atoms with E-state index in [0.717, 1.165) is 11.4 Å². The lowest BCUT2D eigenvalue weighted by molar-refractivity contribution is 0.284. The number of rotatable bonds is 4. The van der Waals surface area contributed by atoms with E-state index < -0.39 is 0 Å². The number of halogens is 1. The fraction of sp³-hybridized carbons (Fsp3) is 0.500. The molecule has 0 aliphatic heterocycles. The number of likely N-dealkylation sites (N-methyl/N-ethyl adjacent to an activating group) is 1. The average Bonchev–Trinajstić information content (AvgIpc) is 2.16. The predicted octanol–water partition coefficient (Wildman–Crippen LogP) is 3.22. The van der Waals surface area contributed by atoms with E-state index in [1.165, 1.54) is 12.0 Å². The molecule has 0 radical (unpaired) electrons. The molecule has 0 aliphatic rings. The first-order chi connectivity index (χ1) is 6.63. The largest absolute Gasteiger partial charge is 0.306 e. The molecule has 0 heterocycles. The van der Waals surface area contributed by atoms with Crippen LogP contribution in [0.5, 0.6) is 0 Å². The quantitative estimate of drug-likeness (QED) is 0.739. The normalized spacial score (nSPS) is 13.2. The highest BCUT2D eigenvalue weighted by Crippen LogP contribution is 2.13. The highest BCUT2D eigenvalue weighted by molar-refractivity contribution is 6.30. The van der Waals surface area contributed by atoms with E-state index in [1.54, 1.807) is 0 Å². The van der Waals surface area contributed by atoms with Crippen LogP contribution in [0.3, 0.4) is 0 Å². The molecule has 0 saturated carbocycles. The zero-order chi connectivity index (χ0) is 10.6. The summed E-state index contributed by atoms with van der Waals surface area (Å²) in [5, 5.41) is 0.812. The van der Waals surface area contributed by atoms with Gasteiger partial charge in [-0.3, -0.25) is 0 Å². The number of benzene rings is 1. The van der Waals surface area contributed by atoms with Crippen LogP contribution < -0.4 is 0 Å². The summed E-state index contributed by atoms with van der Waals surface area (Å²) in [4.78, 5) is 2.27. The van der Waals surface area contributed by atoms with Gasteiger partial charge in [0.25, 0.3) is 0 Å². The smallest absolute Gasteiger partial charge is 0.0406 e. The maximum Gasteiger partial charge on any atom is 0.0406 e. The van der Waals surface area contributed by atoms with E-state index in [2.05, 4.69) is 38.1 Å². The third-order valence-corrected chi connectivity index (χ3v) is 2.84. The van der Waals surface area contributed by atoms with E-state index in [-0.39, 0.29) is 0 Å². The fourth-order valence-electron chi connectivity index (χ4n) is 1.58. The van der Waals surface area contributed by atoms with Crippen LogP contribution in [0.15, 0.2) is 24.3 Å². The second-order valence-electron chi connectivity index (χ2n) is 3.86. The van der Waals surface area contributed by atoms with Crippen molar-refractivity contribution in [3.05, 3.63) is 34.9 Å². The summed E-state index contributed by atoms with van der Waals surface area (Å²) >= 11 is 5.83. The van der Waals surface area contributed by atoms with Crippen molar-refractivity contribution >= 4 is 11.6 Å². The minimum Gasteiger partial charge on any atom is -0.306 e. The lowest BCUT2D eigenvalue weighted by Crippen LogP contribution is -2.29. The summed E-state index contributed by atoms with van der Waals surface area (Å²) in [7, 11) is 4.26. The SMILES string of the molecule is CC[C@@H](Cc1ccc(Cl)cc1)N(C)C. The lowest BCUT2D eigenvalue weighted by atomic mass is 10.0. The molecule has 2 heteroatoms. The highest BCUT2D eigenvalue weighted by atomic mass is 35.5. The van der Waals surface area contributed by atoms with E-state index in [9.17, 15) is 0 Å². The van der Waals surface area contributed by atoms with Crippen molar-refractivity contribution < 1.29 is 0 Å². The van der Waals surface area contributed by atoms with Crippen molar-refractivity contribution in [3.63, 3.8) is 0 Å². The van der Waals surface area contributed by atoms with Gasteiger partial charge in [0.2, 0.25) is 0 Å².